The smallest absolute Gasteiger partial charge is 0.227 e. The summed E-state index contributed by atoms with van der Waals surface area (Å²) >= 11 is 0. The van der Waals surface area contributed by atoms with E-state index in [4.69, 9.17) is 4.42 Å². The largest absolute Gasteiger partial charge is 0.436 e. The number of fused-ring (bicyclic) bond motifs is 1. The average Bonchev–Trinajstić information content (AvgIpc) is 3.03. The molecule has 0 aliphatic carbocycles. The summed E-state index contributed by atoms with van der Waals surface area (Å²) in [7, 11) is 0. The second kappa shape index (κ2) is 7.51. The van der Waals surface area contributed by atoms with Crippen molar-refractivity contribution in [2.45, 2.75) is 46.0 Å². The minimum Gasteiger partial charge on any atom is -0.436 e. The Hall–Kier alpha value is -2.62. The molecule has 1 N–H and O–H groups in total. The summed E-state index contributed by atoms with van der Waals surface area (Å²) in [5.41, 5.74) is 4.46. The number of unbranched alkanes of at least 4 members (excludes halogenated alkanes) is 1. The highest BCUT2D eigenvalue weighted by Gasteiger charge is 2.10. The lowest BCUT2D eigenvalue weighted by Gasteiger charge is -2.04. The highest BCUT2D eigenvalue weighted by Crippen LogP contribution is 2.27. The van der Waals surface area contributed by atoms with Crippen LogP contribution in [0.4, 0.5) is 5.69 Å². The van der Waals surface area contributed by atoms with Gasteiger partial charge in [-0.3, -0.25) is 4.79 Å². The first kappa shape index (κ1) is 17.2. The minimum atomic E-state index is 0.0363. The van der Waals surface area contributed by atoms with E-state index in [1.807, 2.05) is 30.3 Å². The van der Waals surface area contributed by atoms with Crippen molar-refractivity contribution in [2.24, 2.45) is 0 Å². The number of rotatable bonds is 6. The van der Waals surface area contributed by atoms with Crippen LogP contribution in [0.3, 0.4) is 0 Å². The third-order valence-corrected chi connectivity index (χ3v) is 4.25. The quantitative estimate of drug-likeness (QED) is 0.624. The molecule has 0 aliphatic heterocycles. The molecule has 4 nitrogen and oxygen atoms in total. The van der Waals surface area contributed by atoms with E-state index in [2.05, 4.69) is 43.2 Å². The predicted molar refractivity (Wildman–Crippen MR) is 102 cm³/mol. The van der Waals surface area contributed by atoms with E-state index in [9.17, 15) is 4.79 Å². The van der Waals surface area contributed by atoms with Gasteiger partial charge in [0.25, 0.3) is 0 Å². The zero-order valence-corrected chi connectivity index (χ0v) is 15.0. The van der Waals surface area contributed by atoms with Gasteiger partial charge in [-0.1, -0.05) is 39.3 Å². The molecule has 4 heteroatoms. The summed E-state index contributed by atoms with van der Waals surface area (Å²) in [6.07, 6.45) is 2.45. The van der Waals surface area contributed by atoms with E-state index in [0.717, 1.165) is 35.2 Å². The van der Waals surface area contributed by atoms with E-state index in [1.54, 1.807) is 0 Å². The fraction of sp³-hybridized carbons (Fsp3) is 0.333. The summed E-state index contributed by atoms with van der Waals surface area (Å²) < 4.78 is 5.86. The van der Waals surface area contributed by atoms with Crippen molar-refractivity contribution in [1.82, 2.24) is 4.98 Å². The lowest BCUT2D eigenvalue weighted by molar-refractivity contribution is -0.116. The van der Waals surface area contributed by atoms with E-state index in [1.165, 1.54) is 5.56 Å². The molecule has 25 heavy (non-hydrogen) atoms. The molecule has 0 radical (unpaired) electrons. The fourth-order valence-corrected chi connectivity index (χ4v) is 2.70. The third kappa shape index (κ3) is 4.08. The van der Waals surface area contributed by atoms with Gasteiger partial charge in [-0.05, 0) is 48.2 Å². The van der Waals surface area contributed by atoms with Crippen molar-refractivity contribution in [2.75, 3.05) is 5.32 Å². The van der Waals surface area contributed by atoms with Crippen LogP contribution in [0.25, 0.3) is 22.6 Å². The van der Waals surface area contributed by atoms with Gasteiger partial charge in [-0.25, -0.2) is 4.98 Å². The summed E-state index contributed by atoms with van der Waals surface area (Å²) in [6, 6.07) is 13.8. The molecule has 1 amide bonds. The highest BCUT2D eigenvalue weighted by atomic mass is 16.3. The maximum atomic E-state index is 11.9. The number of hydrogen-bond donors (Lipinski definition) is 1. The molecule has 0 bridgehead atoms. The Morgan fingerprint density at radius 3 is 2.60 bits per heavy atom. The molecule has 3 aromatic rings. The molecular weight excluding hydrogens is 312 g/mol. The third-order valence-electron chi connectivity index (χ3n) is 4.25. The van der Waals surface area contributed by atoms with Crippen LogP contribution in [0.15, 0.2) is 46.9 Å². The first-order chi connectivity index (χ1) is 12.1. The van der Waals surface area contributed by atoms with Crippen LogP contribution in [-0.4, -0.2) is 10.9 Å². The molecule has 3 rings (SSSR count). The second-order valence-corrected chi connectivity index (χ2v) is 6.63. The van der Waals surface area contributed by atoms with Gasteiger partial charge in [-0.15, -0.1) is 0 Å². The fourth-order valence-electron chi connectivity index (χ4n) is 2.70. The summed E-state index contributed by atoms with van der Waals surface area (Å²) in [5, 5.41) is 2.92. The molecular formula is C21H24N2O2. The SMILES string of the molecule is CCCCC(=O)Nc1ccc2oc(-c3ccc(C(C)C)cc3)nc2c1. The van der Waals surface area contributed by atoms with Gasteiger partial charge in [0.1, 0.15) is 5.52 Å². The first-order valence-electron chi connectivity index (χ1n) is 8.87. The molecule has 130 valence electrons. The van der Waals surface area contributed by atoms with Crippen LogP contribution >= 0.6 is 0 Å². The number of anilines is 1. The molecule has 2 aromatic carbocycles. The molecule has 0 saturated carbocycles. The van der Waals surface area contributed by atoms with Gasteiger partial charge in [-0.2, -0.15) is 0 Å². The number of carbonyl (C=O) groups excluding carboxylic acids is 1. The number of nitrogens with one attached hydrogen (secondary N) is 1. The van der Waals surface area contributed by atoms with Crippen LogP contribution in [0.5, 0.6) is 0 Å². The zero-order chi connectivity index (χ0) is 17.8. The highest BCUT2D eigenvalue weighted by molar-refractivity contribution is 5.93. The maximum absolute atomic E-state index is 11.9. The molecule has 1 aromatic heterocycles. The van der Waals surface area contributed by atoms with Gasteiger partial charge in [0.2, 0.25) is 11.8 Å². The van der Waals surface area contributed by atoms with Gasteiger partial charge in [0, 0.05) is 17.7 Å². The van der Waals surface area contributed by atoms with Gasteiger partial charge >= 0.3 is 0 Å². The predicted octanol–water partition coefficient (Wildman–Crippen LogP) is 5.75. The molecule has 0 atom stereocenters. The monoisotopic (exact) mass is 336 g/mol. The Morgan fingerprint density at radius 1 is 1.16 bits per heavy atom. The molecule has 0 spiro atoms. The lowest BCUT2D eigenvalue weighted by atomic mass is 10.0. The number of oxazole rings is 1. The summed E-state index contributed by atoms with van der Waals surface area (Å²) in [5.74, 6) is 1.13. The van der Waals surface area contributed by atoms with Crippen molar-refractivity contribution in [3.05, 3.63) is 48.0 Å². The standard InChI is InChI=1S/C21H24N2O2/c1-4-5-6-20(24)22-17-11-12-19-18(13-17)23-21(25-19)16-9-7-15(8-10-16)14(2)3/h7-14H,4-6H2,1-3H3,(H,22,24). The lowest BCUT2D eigenvalue weighted by Crippen LogP contribution is -2.10. The normalized spacial score (nSPS) is 11.2. The van der Waals surface area contributed by atoms with Crippen molar-refractivity contribution in [1.29, 1.82) is 0 Å². The minimum absolute atomic E-state index is 0.0363. The molecule has 0 fully saturated rings. The number of aromatic nitrogens is 1. The number of benzene rings is 2. The van der Waals surface area contributed by atoms with Crippen LogP contribution in [0.2, 0.25) is 0 Å². The Morgan fingerprint density at radius 2 is 1.92 bits per heavy atom. The Labute approximate surface area is 148 Å². The van der Waals surface area contributed by atoms with E-state index in [0.29, 0.717) is 18.2 Å². The second-order valence-electron chi connectivity index (χ2n) is 6.63. The van der Waals surface area contributed by atoms with E-state index < -0.39 is 0 Å². The van der Waals surface area contributed by atoms with Crippen molar-refractivity contribution < 1.29 is 9.21 Å². The van der Waals surface area contributed by atoms with Crippen LogP contribution < -0.4 is 5.32 Å². The average molecular weight is 336 g/mol. The Bertz CT molecular complexity index is 863. The van der Waals surface area contributed by atoms with Crippen molar-refractivity contribution in [3.8, 4) is 11.5 Å². The van der Waals surface area contributed by atoms with Crippen LogP contribution in [0.1, 0.15) is 51.5 Å². The van der Waals surface area contributed by atoms with E-state index in [-0.39, 0.29) is 5.91 Å². The van der Waals surface area contributed by atoms with Crippen molar-refractivity contribution in [3.63, 3.8) is 0 Å². The maximum Gasteiger partial charge on any atom is 0.227 e. The Balaban J connectivity index is 1.81. The number of hydrogen-bond acceptors (Lipinski definition) is 3. The Kier molecular flexibility index (Phi) is 5.17. The number of nitrogens with zero attached hydrogens (tertiary/aromatic N) is 1. The van der Waals surface area contributed by atoms with Crippen LogP contribution in [-0.2, 0) is 4.79 Å². The van der Waals surface area contributed by atoms with Gasteiger partial charge in [0.05, 0.1) is 0 Å². The van der Waals surface area contributed by atoms with Crippen molar-refractivity contribution >= 4 is 22.7 Å². The zero-order valence-electron chi connectivity index (χ0n) is 15.0. The van der Waals surface area contributed by atoms with Crippen LogP contribution in [0, 0.1) is 0 Å². The molecule has 1 heterocycles. The first-order valence-corrected chi connectivity index (χ1v) is 8.87. The molecule has 0 aliphatic rings. The topological polar surface area (TPSA) is 55.1 Å². The number of amides is 1. The van der Waals surface area contributed by atoms with E-state index >= 15 is 0 Å². The number of carbonyl (C=O) groups is 1. The molecule has 0 unspecified atom stereocenters. The van der Waals surface area contributed by atoms with Gasteiger partial charge < -0.3 is 9.73 Å². The van der Waals surface area contributed by atoms with Gasteiger partial charge in [0.15, 0.2) is 5.58 Å². The summed E-state index contributed by atoms with van der Waals surface area (Å²) in [4.78, 5) is 16.4. The molecule has 0 saturated heterocycles. The summed E-state index contributed by atoms with van der Waals surface area (Å²) in [6.45, 7) is 6.42.